The van der Waals surface area contributed by atoms with Crippen LogP contribution in [0, 0.1) is 5.82 Å². The summed E-state index contributed by atoms with van der Waals surface area (Å²) in [4.78, 5) is 21.6. The minimum atomic E-state index is -1.20. The van der Waals surface area contributed by atoms with E-state index in [4.69, 9.17) is 16.3 Å². The first kappa shape index (κ1) is 12.4. The van der Waals surface area contributed by atoms with Crippen molar-refractivity contribution in [2.45, 2.75) is 5.50 Å². The van der Waals surface area contributed by atoms with E-state index in [9.17, 15) is 14.0 Å². The number of benzene rings is 1. The second kappa shape index (κ2) is 5.46. The zero-order chi connectivity index (χ0) is 12.1. The fourth-order valence-corrected chi connectivity index (χ4v) is 1.28. The molecular formula is C10H9ClFNO3. The highest BCUT2D eigenvalue weighted by Crippen LogP contribution is 2.18. The van der Waals surface area contributed by atoms with Gasteiger partial charge in [-0.05, 0) is 18.2 Å². The number of methoxy groups -OCH3 is 1. The van der Waals surface area contributed by atoms with Crippen LogP contribution in [0.4, 0.5) is 4.39 Å². The van der Waals surface area contributed by atoms with Gasteiger partial charge in [0, 0.05) is 5.56 Å². The second-order valence-corrected chi connectivity index (χ2v) is 3.30. The Labute approximate surface area is 96.3 Å². The Morgan fingerprint density at radius 3 is 2.81 bits per heavy atom. The van der Waals surface area contributed by atoms with Gasteiger partial charge in [0.25, 0.3) is 0 Å². The van der Waals surface area contributed by atoms with E-state index in [-0.39, 0.29) is 11.3 Å². The minimum Gasteiger partial charge on any atom is -0.494 e. The first-order valence-corrected chi connectivity index (χ1v) is 4.75. The lowest BCUT2D eigenvalue weighted by molar-refractivity contribution is -0.109. The van der Waals surface area contributed by atoms with Crippen molar-refractivity contribution in [1.29, 1.82) is 0 Å². The number of ether oxygens (including phenoxy) is 1. The van der Waals surface area contributed by atoms with E-state index in [1.165, 1.54) is 19.2 Å². The molecule has 0 aliphatic carbocycles. The molecule has 0 saturated heterocycles. The van der Waals surface area contributed by atoms with Crippen LogP contribution >= 0.6 is 11.6 Å². The molecule has 0 fully saturated rings. The summed E-state index contributed by atoms with van der Waals surface area (Å²) in [6, 6.07) is 3.68. The summed E-state index contributed by atoms with van der Waals surface area (Å²) in [5.74, 6) is -1.22. The summed E-state index contributed by atoms with van der Waals surface area (Å²) in [6.45, 7) is 0. The van der Waals surface area contributed by atoms with Crippen LogP contribution in [-0.4, -0.2) is 24.8 Å². The van der Waals surface area contributed by atoms with Gasteiger partial charge in [-0.15, -0.1) is 0 Å². The van der Waals surface area contributed by atoms with Crippen LogP contribution in [0.25, 0.3) is 0 Å². The molecular weight excluding hydrogens is 237 g/mol. The molecule has 4 nitrogen and oxygen atoms in total. The predicted octanol–water partition coefficient (Wildman–Crippen LogP) is 1.33. The number of rotatable bonds is 5. The maximum atomic E-state index is 13.2. The quantitative estimate of drug-likeness (QED) is 0.369. The predicted molar refractivity (Wildman–Crippen MR) is 56.1 cm³/mol. The topological polar surface area (TPSA) is 55.4 Å². The Balaban J connectivity index is 2.92. The number of alkyl halides is 1. The maximum Gasteiger partial charge on any atom is 0.208 e. The standard InChI is InChI=1S/C10H9ClFNO3/c1-16-8-3-2-6(4-7(8)12)9(15)10(11)13-5-14/h2-5,10H,1H3,(H,13,14). The highest BCUT2D eigenvalue weighted by atomic mass is 35.5. The average molecular weight is 246 g/mol. The van der Waals surface area contributed by atoms with Gasteiger partial charge >= 0.3 is 0 Å². The third-order valence-electron chi connectivity index (χ3n) is 1.88. The van der Waals surface area contributed by atoms with Crippen molar-refractivity contribution in [1.82, 2.24) is 5.32 Å². The zero-order valence-electron chi connectivity index (χ0n) is 8.37. The number of carbonyl (C=O) groups is 2. The first-order chi connectivity index (χ1) is 7.60. The van der Waals surface area contributed by atoms with E-state index in [1.807, 2.05) is 0 Å². The number of hydrogen-bond donors (Lipinski definition) is 1. The van der Waals surface area contributed by atoms with E-state index < -0.39 is 17.1 Å². The molecule has 1 N–H and O–H groups in total. The Bertz CT molecular complexity index is 411. The van der Waals surface area contributed by atoms with Crippen LogP contribution in [0.3, 0.4) is 0 Å². The lowest BCUT2D eigenvalue weighted by Gasteiger charge is -2.08. The lowest BCUT2D eigenvalue weighted by Crippen LogP contribution is -2.30. The third-order valence-corrected chi connectivity index (χ3v) is 2.21. The third kappa shape index (κ3) is 2.70. The maximum absolute atomic E-state index is 13.2. The highest BCUT2D eigenvalue weighted by molar-refractivity contribution is 6.34. The van der Waals surface area contributed by atoms with Crippen molar-refractivity contribution in [2.75, 3.05) is 7.11 Å². The van der Waals surface area contributed by atoms with Crippen molar-refractivity contribution >= 4 is 23.8 Å². The molecule has 1 rings (SSSR count). The van der Waals surface area contributed by atoms with Crippen molar-refractivity contribution in [3.05, 3.63) is 29.6 Å². The van der Waals surface area contributed by atoms with E-state index in [0.717, 1.165) is 6.07 Å². The van der Waals surface area contributed by atoms with Gasteiger partial charge in [-0.25, -0.2) is 4.39 Å². The Kier molecular flexibility index (Phi) is 4.25. The van der Waals surface area contributed by atoms with Crippen LogP contribution in [0.1, 0.15) is 10.4 Å². The van der Waals surface area contributed by atoms with Crippen LogP contribution in [0.15, 0.2) is 18.2 Å². The van der Waals surface area contributed by atoms with Crippen molar-refractivity contribution in [2.24, 2.45) is 0 Å². The largest absolute Gasteiger partial charge is 0.494 e. The van der Waals surface area contributed by atoms with Crippen molar-refractivity contribution < 1.29 is 18.7 Å². The number of carbonyl (C=O) groups excluding carboxylic acids is 2. The van der Waals surface area contributed by atoms with Crippen molar-refractivity contribution in [3.8, 4) is 5.75 Å². The van der Waals surface area contributed by atoms with Gasteiger partial charge in [0.15, 0.2) is 17.1 Å². The van der Waals surface area contributed by atoms with Crippen LogP contribution in [0.2, 0.25) is 0 Å². The highest BCUT2D eigenvalue weighted by Gasteiger charge is 2.17. The molecule has 0 aromatic heterocycles. The van der Waals surface area contributed by atoms with E-state index in [1.54, 1.807) is 0 Å². The number of ketones is 1. The summed E-state index contributed by atoms with van der Waals surface area (Å²) in [5, 5.41) is 2.07. The molecule has 86 valence electrons. The lowest BCUT2D eigenvalue weighted by atomic mass is 10.1. The van der Waals surface area contributed by atoms with Crippen LogP contribution in [-0.2, 0) is 4.79 Å². The normalized spacial score (nSPS) is 11.7. The smallest absolute Gasteiger partial charge is 0.208 e. The molecule has 16 heavy (non-hydrogen) atoms. The molecule has 0 aliphatic heterocycles. The minimum absolute atomic E-state index is 0.0334. The number of hydrogen-bond acceptors (Lipinski definition) is 3. The zero-order valence-corrected chi connectivity index (χ0v) is 9.12. The summed E-state index contributed by atoms with van der Waals surface area (Å²) in [5.41, 5.74) is -1.14. The van der Waals surface area contributed by atoms with Crippen LogP contribution in [0.5, 0.6) is 5.75 Å². The van der Waals surface area contributed by atoms with Crippen molar-refractivity contribution in [3.63, 3.8) is 0 Å². The molecule has 0 spiro atoms. The van der Waals surface area contributed by atoms with E-state index >= 15 is 0 Å². The van der Waals surface area contributed by atoms with Gasteiger partial charge in [-0.3, -0.25) is 9.59 Å². The molecule has 0 radical (unpaired) electrons. The van der Waals surface area contributed by atoms with Gasteiger partial charge in [0.05, 0.1) is 7.11 Å². The van der Waals surface area contributed by atoms with Gasteiger partial charge < -0.3 is 10.1 Å². The van der Waals surface area contributed by atoms with Gasteiger partial charge in [-0.2, -0.15) is 0 Å². The SMILES string of the molecule is COc1ccc(C(=O)C(Cl)NC=O)cc1F. The molecule has 0 heterocycles. The van der Waals surface area contributed by atoms with Gasteiger partial charge in [0.2, 0.25) is 12.2 Å². The van der Waals surface area contributed by atoms with E-state index in [2.05, 4.69) is 5.32 Å². The van der Waals surface area contributed by atoms with Gasteiger partial charge in [0.1, 0.15) is 0 Å². The summed E-state index contributed by atoms with van der Waals surface area (Å²) >= 11 is 5.55. The molecule has 1 unspecified atom stereocenters. The molecule has 1 amide bonds. The first-order valence-electron chi connectivity index (χ1n) is 4.31. The number of halogens is 2. The molecule has 0 aliphatic rings. The summed E-state index contributed by atoms with van der Waals surface area (Å²) in [7, 11) is 1.32. The number of nitrogens with one attached hydrogen (secondary N) is 1. The Morgan fingerprint density at radius 1 is 1.62 bits per heavy atom. The molecule has 1 aromatic carbocycles. The molecule has 6 heteroatoms. The van der Waals surface area contributed by atoms with E-state index in [0.29, 0.717) is 6.41 Å². The average Bonchev–Trinajstić information content (AvgIpc) is 2.28. The molecule has 1 aromatic rings. The number of Topliss-reactive ketones (excluding diaryl/α,β-unsaturated/α-hetero) is 1. The fourth-order valence-electron chi connectivity index (χ4n) is 1.10. The van der Waals surface area contributed by atoms with Gasteiger partial charge in [-0.1, -0.05) is 11.6 Å². The number of amides is 1. The second-order valence-electron chi connectivity index (χ2n) is 2.86. The summed E-state index contributed by atoms with van der Waals surface area (Å²) in [6.07, 6.45) is 0.301. The molecule has 1 atom stereocenters. The summed E-state index contributed by atoms with van der Waals surface area (Å²) < 4.78 is 17.9. The Hall–Kier alpha value is -1.62. The Morgan fingerprint density at radius 2 is 2.31 bits per heavy atom. The molecule has 0 bridgehead atoms. The fraction of sp³-hybridized carbons (Fsp3) is 0.200. The molecule has 0 saturated carbocycles. The monoisotopic (exact) mass is 245 g/mol. The van der Waals surface area contributed by atoms with Crippen LogP contribution < -0.4 is 10.1 Å².